The number of nitrogens with one attached hydrogen (secondary N) is 2. The van der Waals surface area contributed by atoms with Crippen molar-refractivity contribution in [2.75, 3.05) is 10.6 Å². The van der Waals surface area contributed by atoms with Crippen LogP contribution in [-0.4, -0.2) is 17.0 Å². The minimum absolute atomic E-state index is 0.162. The Kier molecular flexibility index (Phi) is 4.20. The van der Waals surface area contributed by atoms with Gasteiger partial charge in [0.2, 0.25) is 11.8 Å². The molecule has 0 saturated heterocycles. The van der Waals surface area contributed by atoms with Crippen molar-refractivity contribution < 1.29 is 14.1 Å². The zero-order valence-electron chi connectivity index (χ0n) is 12.2. The van der Waals surface area contributed by atoms with E-state index in [9.17, 15) is 9.59 Å². The molecule has 0 bridgehead atoms. The number of thiophene rings is 1. The van der Waals surface area contributed by atoms with E-state index in [0.717, 1.165) is 5.56 Å². The van der Waals surface area contributed by atoms with Crippen LogP contribution in [0.1, 0.15) is 17.3 Å². The minimum atomic E-state index is -0.313. The van der Waals surface area contributed by atoms with Gasteiger partial charge in [-0.1, -0.05) is 5.16 Å². The highest BCUT2D eigenvalue weighted by Crippen LogP contribution is 2.24. The highest BCUT2D eigenvalue weighted by atomic mass is 32.1. The third-order valence-electron chi connectivity index (χ3n) is 3.03. The molecule has 23 heavy (non-hydrogen) atoms. The predicted octanol–water partition coefficient (Wildman–Crippen LogP) is 3.61. The van der Waals surface area contributed by atoms with Gasteiger partial charge in [-0.25, -0.2) is 0 Å². The van der Waals surface area contributed by atoms with Gasteiger partial charge in [-0.05, 0) is 35.7 Å². The van der Waals surface area contributed by atoms with Crippen molar-refractivity contribution in [2.24, 2.45) is 0 Å². The van der Waals surface area contributed by atoms with Gasteiger partial charge in [-0.15, -0.1) is 0 Å². The predicted molar refractivity (Wildman–Crippen MR) is 88.5 cm³/mol. The van der Waals surface area contributed by atoms with Crippen molar-refractivity contribution in [3.05, 3.63) is 52.7 Å². The van der Waals surface area contributed by atoms with Crippen molar-refractivity contribution in [1.29, 1.82) is 0 Å². The van der Waals surface area contributed by atoms with E-state index >= 15 is 0 Å². The smallest absolute Gasteiger partial charge is 0.258 e. The average Bonchev–Trinajstić information content (AvgIpc) is 3.18. The van der Waals surface area contributed by atoms with Crippen LogP contribution in [0.5, 0.6) is 0 Å². The third-order valence-corrected chi connectivity index (χ3v) is 3.71. The van der Waals surface area contributed by atoms with Crippen molar-refractivity contribution in [1.82, 2.24) is 5.16 Å². The molecule has 2 N–H and O–H groups in total. The number of hydrogen-bond acceptors (Lipinski definition) is 5. The maximum atomic E-state index is 12.2. The topological polar surface area (TPSA) is 84.2 Å². The van der Waals surface area contributed by atoms with Crippen LogP contribution in [0.3, 0.4) is 0 Å². The Labute approximate surface area is 136 Å². The van der Waals surface area contributed by atoms with Gasteiger partial charge < -0.3 is 9.84 Å². The number of nitrogens with zero attached hydrogens (tertiary/aromatic N) is 1. The fraction of sp³-hybridized carbons (Fsp3) is 0.0625. The van der Waals surface area contributed by atoms with Gasteiger partial charge in [-0.3, -0.25) is 14.9 Å². The van der Waals surface area contributed by atoms with Crippen LogP contribution in [0, 0.1) is 0 Å². The number of carbonyl (C=O) groups is 2. The second-order valence-corrected chi connectivity index (χ2v) is 5.58. The molecule has 0 radical (unpaired) electrons. The lowest BCUT2D eigenvalue weighted by Gasteiger charge is -2.04. The van der Waals surface area contributed by atoms with Crippen LogP contribution in [0.25, 0.3) is 11.3 Å². The molecule has 3 rings (SSSR count). The summed E-state index contributed by atoms with van der Waals surface area (Å²) in [5.74, 6) is -0.195. The third kappa shape index (κ3) is 3.64. The number of carbonyl (C=O) groups excluding carboxylic acids is 2. The van der Waals surface area contributed by atoms with Crippen LogP contribution in [0.4, 0.5) is 11.6 Å². The zero-order chi connectivity index (χ0) is 16.2. The van der Waals surface area contributed by atoms with Crippen LogP contribution < -0.4 is 10.6 Å². The molecule has 1 aromatic carbocycles. The molecule has 0 saturated carbocycles. The van der Waals surface area contributed by atoms with Crippen LogP contribution in [0.15, 0.2) is 51.7 Å². The van der Waals surface area contributed by atoms with Crippen LogP contribution in [0.2, 0.25) is 0 Å². The number of benzene rings is 1. The van der Waals surface area contributed by atoms with Gasteiger partial charge in [-0.2, -0.15) is 11.3 Å². The van der Waals surface area contributed by atoms with E-state index in [2.05, 4.69) is 15.8 Å². The molecule has 0 aliphatic carbocycles. The number of anilines is 2. The molecule has 0 aliphatic heterocycles. The van der Waals surface area contributed by atoms with E-state index in [1.807, 2.05) is 16.8 Å². The second-order valence-electron chi connectivity index (χ2n) is 4.80. The van der Waals surface area contributed by atoms with E-state index < -0.39 is 0 Å². The van der Waals surface area contributed by atoms with Crippen molar-refractivity contribution in [3.8, 4) is 11.3 Å². The van der Waals surface area contributed by atoms with Gasteiger partial charge in [0.05, 0.1) is 0 Å². The van der Waals surface area contributed by atoms with Crippen molar-refractivity contribution >= 4 is 34.7 Å². The van der Waals surface area contributed by atoms with Gasteiger partial charge >= 0.3 is 0 Å². The maximum Gasteiger partial charge on any atom is 0.258 e. The summed E-state index contributed by atoms with van der Waals surface area (Å²) in [4.78, 5) is 23.1. The van der Waals surface area contributed by atoms with Crippen LogP contribution in [-0.2, 0) is 4.79 Å². The fourth-order valence-corrected chi connectivity index (χ4v) is 2.62. The van der Waals surface area contributed by atoms with E-state index in [4.69, 9.17) is 4.52 Å². The highest BCUT2D eigenvalue weighted by Gasteiger charge is 2.11. The van der Waals surface area contributed by atoms with E-state index in [0.29, 0.717) is 16.9 Å². The number of aromatic nitrogens is 1. The molecular formula is C16H13N3O3S. The Morgan fingerprint density at radius 1 is 1.13 bits per heavy atom. The first-order valence-electron chi connectivity index (χ1n) is 6.80. The van der Waals surface area contributed by atoms with Crippen molar-refractivity contribution in [2.45, 2.75) is 6.92 Å². The second kappa shape index (κ2) is 6.45. The summed E-state index contributed by atoms with van der Waals surface area (Å²) in [5, 5.41) is 13.1. The Balaban J connectivity index is 1.68. The summed E-state index contributed by atoms with van der Waals surface area (Å²) in [6, 6.07) is 10.2. The van der Waals surface area contributed by atoms with Crippen LogP contribution >= 0.6 is 11.3 Å². The monoisotopic (exact) mass is 327 g/mol. The summed E-state index contributed by atoms with van der Waals surface area (Å²) in [5.41, 5.74) is 2.70. The summed E-state index contributed by atoms with van der Waals surface area (Å²) in [6.45, 7) is 1.43. The normalized spacial score (nSPS) is 10.3. The molecule has 2 heterocycles. The summed E-state index contributed by atoms with van der Waals surface area (Å²) >= 11 is 1.56. The molecule has 6 nitrogen and oxygen atoms in total. The first-order valence-corrected chi connectivity index (χ1v) is 7.74. The van der Waals surface area contributed by atoms with Gasteiger partial charge in [0, 0.05) is 35.2 Å². The first-order chi connectivity index (χ1) is 11.1. The molecule has 2 amide bonds. The van der Waals surface area contributed by atoms with E-state index in [1.165, 1.54) is 6.92 Å². The lowest BCUT2D eigenvalue weighted by Crippen LogP contribution is -2.11. The average molecular weight is 327 g/mol. The molecule has 116 valence electrons. The fourth-order valence-electron chi connectivity index (χ4n) is 1.97. The standard InChI is InChI=1S/C16H13N3O3S/c1-10(20)17-13-4-2-11(3-5-13)16(21)18-15-8-14(19-22-15)12-6-7-23-9-12/h2-9H,1H3,(H,17,20)(H,18,21). The zero-order valence-corrected chi connectivity index (χ0v) is 13.0. The SMILES string of the molecule is CC(=O)Nc1ccc(C(=O)Nc2cc(-c3ccsc3)no2)cc1. The van der Waals surface area contributed by atoms with E-state index in [1.54, 1.807) is 41.7 Å². The summed E-state index contributed by atoms with van der Waals surface area (Å²) in [6.07, 6.45) is 0. The molecule has 0 unspecified atom stereocenters. The molecule has 0 aliphatic rings. The molecule has 0 spiro atoms. The first kappa shape index (κ1) is 15.0. The Bertz CT molecular complexity index is 823. The van der Waals surface area contributed by atoms with Gasteiger partial charge in [0.25, 0.3) is 5.91 Å². The van der Waals surface area contributed by atoms with Gasteiger partial charge in [0.15, 0.2) is 0 Å². The highest BCUT2D eigenvalue weighted by molar-refractivity contribution is 7.08. The van der Waals surface area contributed by atoms with Gasteiger partial charge in [0.1, 0.15) is 5.69 Å². The molecule has 7 heteroatoms. The number of amides is 2. The molecule has 0 atom stereocenters. The summed E-state index contributed by atoms with van der Waals surface area (Å²) < 4.78 is 5.12. The number of rotatable bonds is 4. The Hall–Kier alpha value is -2.93. The molecule has 0 fully saturated rings. The number of hydrogen-bond donors (Lipinski definition) is 2. The minimum Gasteiger partial charge on any atom is -0.338 e. The summed E-state index contributed by atoms with van der Waals surface area (Å²) in [7, 11) is 0. The Morgan fingerprint density at radius 2 is 1.91 bits per heavy atom. The quantitative estimate of drug-likeness (QED) is 0.766. The molecule has 2 aromatic heterocycles. The maximum absolute atomic E-state index is 12.2. The molecular weight excluding hydrogens is 314 g/mol. The largest absolute Gasteiger partial charge is 0.338 e. The molecule has 3 aromatic rings. The Morgan fingerprint density at radius 3 is 2.57 bits per heavy atom. The lowest BCUT2D eigenvalue weighted by atomic mass is 10.2. The van der Waals surface area contributed by atoms with E-state index in [-0.39, 0.29) is 17.7 Å². The van der Waals surface area contributed by atoms with Crippen molar-refractivity contribution in [3.63, 3.8) is 0 Å². The lowest BCUT2D eigenvalue weighted by molar-refractivity contribution is -0.114.